The molecule has 0 bridgehead atoms. The molecule has 0 saturated heterocycles. The lowest BCUT2D eigenvalue weighted by Crippen LogP contribution is -2.60. The van der Waals surface area contributed by atoms with Gasteiger partial charge in [0.25, 0.3) is 11.8 Å². The summed E-state index contributed by atoms with van der Waals surface area (Å²) in [5, 5.41) is 21.1. The molecule has 19 heteroatoms. The zero-order valence-corrected chi connectivity index (χ0v) is 39.4. The van der Waals surface area contributed by atoms with Crippen molar-refractivity contribution in [3.05, 3.63) is 125 Å². The largest absolute Gasteiger partial charge is 0.503 e. The second-order valence-corrected chi connectivity index (χ2v) is 18.2. The van der Waals surface area contributed by atoms with Crippen molar-refractivity contribution in [2.75, 3.05) is 54.6 Å². The number of nitrogens with zero attached hydrogens (tertiary/aromatic N) is 4. The van der Waals surface area contributed by atoms with Crippen LogP contribution in [0.3, 0.4) is 0 Å². The Morgan fingerprint density at radius 1 is 0.677 bits per heavy atom. The Labute approximate surface area is 393 Å². The molecule has 2 spiro atoms. The second-order valence-electron chi connectivity index (χ2n) is 17.4. The Kier molecular flexibility index (Phi) is 14.8. The highest BCUT2D eigenvalue weighted by atomic mass is 79.9. The van der Waals surface area contributed by atoms with Gasteiger partial charge in [-0.15, -0.1) is 17.0 Å². The molecule has 2 N–H and O–H groups in total. The number of hydrogen-bond donors (Lipinski definition) is 2. The third-order valence-electron chi connectivity index (χ3n) is 12.9. The van der Waals surface area contributed by atoms with Crippen molar-refractivity contribution in [3.8, 4) is 11.5 Å². The van der Waals surface area contributed by atoms with Gasteiger partial charge in [-0.1, -0.05) is 47.5 Å². The zero-order chi connectivity index (χ0) is 46.4. The lowest BCUT2D eigenvalue weighted by molar-refractivity contribution is -0.0190. The molecule has 2 aromatic heterocycles. The fraction of sp³-hybridized carbons (Fsp3) is 0.435. The number of carbonyl (C=O) groups is 4. The molecule has 65 heavy (non-hydrogen) atoms. The molecule has 0 radical (unpaired) electrons. The number of benzene rings is 2. The van der Waals surface area contributed by atoms with Gasteiger partial charge in [0.15, 0.2) is 34.5 Å². The minimum absolute atomic E-state index is 0. The Bertz CT molecular complexity index is 2500. The van der Waals surface area contributed by atoms with Gasteiger partial charge in [0, 0.05) is 79.9 Å². The average molecular weight is 1010 g/mol. The summed E-state index contributed by atoms with van der Waals surface area (Å²) >= 11 is 11.6. The van der Waals surface area contributed by atoms with Crippen LogP contribution in [0.1, 0.15) is 91.3 Å². The van der Waals surface area contributed by atoms with Crippen LogP contribution in [0.15, 0.2) is 58.4 Å². The smallest absolute Gasteiger partial charge is 0.274 e. The summed E-state index contributed by atoms with van der Waals surface area (Å²) < 4.78 is 42.0. The van der Waals surface area contributed by atoms with E-state index in [-0.39, 0.29) is 98.2 Å². The predicted octanol–water partition coefficient (Wildman–Crippen LogP) is 6.58. The highest BCUT2D eigenvalue weighted by Crippen LogP contribution is 2.49. The van der Waals surface area contributed by atoms with Crippen LogP contribution in [-0.2, 0) is 33.4 Å². The third-order valence-corrected chi connectivity index (χ3v) is 13.5. The minimum Gasteiger partial charge on any atom is -0.503 e. The van der Waals surface area contributed by atoms with Gasteiger partial charge >= 0.3 is 0 Å². The van der Waals surface area contributed by atoms with Gasteiger partial charge in [-0.2, -0.15) is 0 Å². The second kappa shape index (κ2) is 19.5. The van der Waals surface area contributed by atoms with E-state index in [1.807, 2.05) is 0 Å². The quantitative estimate of drug-likeness (QED) is 0.148. The first kappa shape index (κ1) is 49.5. The van der Waals surface area contributed by atoms with Crippen LogP contribution < -0.4 is 10.9 Å². The molecule has 2 aromatic carbocycles. The van der Waals surface area contributed by atoms with E-state index in [9.17, 15) is 47.8 Å². The van der Waals surface area contributed by atoms with Gasteiger partial charge < -0.3 is 38.6 Å². The molecule has 8 rings (SSSR count). The maximum Gasteiger partial charge on any atom is 0.274 e. The van der Waals surface area contributed by atoms with Gasteiger partial charge in [0.1, 0.15) is 11.6 Å². The molecule has 14 nitrogen and oxygen atoms in total. The van der Waals surface area contributed by atoms with Crippen molar-refractivity contribution < 1.29 is 47.6 Å². The molecule has 0 atom stereocenters. The van der Waals surface area contributed by atoms with E-state index in [2.05, 4.69) is 0 Å². The van der Waals surface area contributed by atoms with Gasteiger partial charge in [-0.25, -0.2) is 8.78 Å². The molecule has 4 heterocycles. The van der Waals surface area contributed by atoms with Crippen LogP contribution in [0, 0.1) is 23.5 Å². The first-order valence-electron chi connectivity index (χ1n) is 20.8. The van der Waals surface area contributed by atoms with E-state index in [4.69, 9.17) is 32.7 Å². The van der Waals surface area contributed by atoms with Gasteiger partial charge in [0.05, 0.1) is 32.3 Å². The number of likely N-dealkylation sites (N-methyl/N-ethyl adjacent to an activating group) is 2. The van der Waals surface area contributed by atoms with Crippen molar-refractivity contribution in [2.45, 2.75) is 62.4 Å². The summed E-state index contributed by atoms with van der Waals surface area (Å²) in [5.41, 5.74) is -2.89. The number of aromatic hydroxyl groups is 2. The van der Waals surface area contributed by atoms with Crippen LogP contribution in [0.25, 0.3) is 0 Å². The number of ketones is 2. The summed E-state index contributed by atoms with van der Waals surface area (Å²) in [6, 6.07) is 9.06. The van der Waals surface area contributed by atoms with Crippen LogP contribution in [0.2, 0.25) is 10.0 Å². The fourth-order valence-corrected chi connectivity index (χ4v) is 10.3. The van der Waals surface area contributed by atoms with Crippen LogP contribution in [0.4, 0.5) is 8.78 Å². The molecular weight excluding hydrogens is 957 g/mol. The van der Waals surface area contributed by atoms with E-state index < -0.39 is 68.4 Å². The summed E-state index contributed by atoms with van der Waals surface area (Å²) in [6.07, 6.45) is 5.36. The van der Waals surface area contributed by atoms with Crippen LogP contribution >= 0.6 is 40.2 Å². The summed E-state index contributed by atoms with van der Waals surface area (Å²) in [7, 11) is 6.49. The molecule has 348 valence electrons. The molecule has 2 amide bonds. The molecular formula is C46H49BrCl2F2N4O10. The van der Waals surface area contributed by atoms with Gasteiger partial charge in [0.2, 0.25) is 10.9 Å². The molecule has 0 unspecified atom stereocenters. The molecule has 4 aliphatic rings. The lowest BCUT2D eigenvalue weighted by atomic mass is 9.67. The lowest BCUT2D eigenvalue weighted by Gasteiger charge is -2.54. The van der Waals surface area contributed by atoms with Crippen molar-refractivity contribution in [1.29, 1.82) is 0 Å². The number of methoxy groups -OCH3 is 2. The maximum absolute atomic E-state index is 14.2. The first-order valence-corrected chi connectivity index (χ1v) is 21.5. The summed E-state index contributed by atoms with van der Waals surface area (Å²) in [4.78, 5) is 79.8. The van der Waals surface area contributed by atoms with Gasteiger partial charge in [-0.05, 0) is 73.6 Å². The highest BCUT2D eigenvalue weighted by Gasteiger charge is 2.53. The molecule has 4 aromatic rings. The van der Waals surface area contributed by atoms with Crippen molar-refractivity contribution in [3.63, 3.8) is 0 Å². The molecule has 2 aliphatic carbocycles. The summed E-state index contributed by atoms with van der Waals surface area (Å²) in [6.45, 7) is 1.95. The van der Waals surface area contributed by atoms with E-state index >= 15 is 0 Å². The molecule has 2 fully saturated rings. The Hall–Kier alpha value is -4.94. The number of ether oxygens (including phenoxy) is 2. The van der Waals surface area contributed by atoms with Crippen molar-refractivity contribution >= 4 is 63.6 Å². The number of amides is 2. The topological polar surface area (TPSA) is 178 Å². The van der Waals surface area contributed by atoms with Crippen LogP contribution in [0.5, 0.6) is 11.5 Å². The number of pyridine rings is 2. The third kappa shape index (κ3) is 9.14. The molecule has 2 aliphatic heterocycles. The van der Waals surface area contributed by atoms with E-state index in [0.717, 1.165) is 0 Å². The minimum atomic E-state index is -0.889. The monoisotopic (exact) mass is 1000 g/mol. The molecule has 2 saturated carbocycles. The Balaban J connectivity index is 0.000000212. The number of rotatable bonds is 12. The fourth-order valence-electron chi connectivity index (χ4n) is 9.93. The van der Waals surface area contributed by atoms with Crippen molar-refractivity contribution in [1.82, 2.24) is 18.9 Å². The van der Waals surface area contributed by atoms with E-state index in [1.165, 1.54) is 46.5 Å². The van der Waals surface area contributed by atoms with Crippen LogP contribution in [-0.4, -0.2) is 107 Å². The SMILES string of the molecule is Br.COCC1CC2(C1)CN(C)C(=O)c1c(O)c(=O)c(C(=O)CCc3cccc(Cl)c3F)cn12.COCC1CC2(C1)CN(C)C(=O)c1c(O)c(=O)c(C(=O)CCc3cccc(Cl)c3F)cn12. The normalized spacial score (nSPS) is 21.7. The number of aromatic nitrogens is 2. The summed E-state index contributed by atoms with van der Waals surface area (Å²) in [5.74, 6) is -4.10. The first-order chi connectivity index (χ1) is 30.4. The van der Waals surface area contributed by atoms with Gasteiger partial charge in [-0.3, -0.25) is 28.8 Å². The van der Waals surface area contributed by atoms with E-state index in [1.54, 1.807) is 49.6 Å². The maximum atomic E-state index is 14.2. The van der Waals surface area contributed by atoms with E-state index in [0.29, 0.717) is 52.0 Å². The Morgan fingerprint density at radius 2 is 1.03 bits per heavy atom. The highest BCUT2D eigenvalue weighted by molar-refractivity contribution is 8.93. The number of hydrogen-bond acceptors (Lipinski definition) is 10. The number of aryl methyl sites for hydroxylation is 2. The Morgan fingerprint density at radius 3 is 1.37 bits per heavy atom. The average Bonchev–Trinajstić information content (AvgIpc) is 3.23. The number of carbonyl (C=O) groups excluding carboxylic acids is 4. The zero-order valence-electron chi connectivity index (χ0n) is 36.1. The number of fused-ring (bicyclic) bond motifs is 4. The van der Waals surface area contributed by atoms with Crippen molar-refractivity contribution in [2.24, 2.45) is 11.8 Å². The standard InChI is InChI=1S/2C23H24ClFN2O5.BrH/c2*1-26-12-23(8-13(9-23)11-32-2)27-10-15(20(29)21(30)19(27)22(26)31)17(28)7-6-14-4-3-5-16(24)18(14)25;/h2*3-5,10,13,30H,6-9,11-12H2,1-2H3;1H. The predicted molar refractivity (Wildman–Crippen MR) is 242 cm³/mol. The number of halogens is 5. The number of Topliss-reactive ketones (excluding diaryl/α,β-unsaturated/α-hetero) is 2.